The van der Waals surface area contributed by atoms with Gasteiger partial charge in [-0.05, 0) is 30.7 Å². The topological polar surface area (TPSA) is 67.4 Å². The largest absolute Gasteiger partial charge is 0.469 e. The molecule has 0 aliphatic carbocycles. The molecule has 24 heavy (non-hydrogen) atoms. The fraction of sp³-hybridized carbons (Fsp3) is 0.294. The molecule has 2 aromatic rings. The van der Waals surface area contributed by atoms with Gasteiger partial charge in [-0.25, -0.2) is 4.79 Å². The first-order valence-electron chi connectivity index (χ1n) is 7.40. The van der Waals surface area contributed by atoms with Crippen molar-refractivity contribution >= 4 is 34.9 Å². The van der Waals surface area contributed by atoms with Crippen molar-refractivity contribution in [1.29, 1.82) is 0 Å². The van der Waals surface area contributed by atoms with Crippen LogP contribution in [0.3, 0.4) is 0 Å². The van der Waals surface area contributed by atoms with Gasteiger partial charge in [0, 0.05) is 14.8 Å². The first-order chi connectivity index (χ1) is 11.5. The summed E-state index contributed by atoms with van der Waals surface area (Å²) in [4.78, 5) is 26.1. The Balaban J connectivity index is 2.02. The summed E-state index contributed by atoms with van der Waals surface area (Å²) in [5.74, 6) is -0.422. The Kier molecular flexibility index (Phi) is 6.63. The van der Waals surface area contributed by atoms with Crippen LogP contribution in [0.5, 0.6) is 0 Å². The molecule has 1 aromatic carbocycles. The van der Waals surface area contributed by atoms with Crippen molar-refractivity contribution in [3.63, 3.8) is 0 Å². The minimum absolute atomic E-state index is 0.00572. The lowest BCUT2D eigenvalue weighted by atomic mass is 10.0. The number of ether oxygens (including phenoxy) is 1. The first kappa shape index (κ1) is 18.3. The maximum Gasteiger partial charge on any atom is 0.315 e. The maximum absolute atomic E-state index is 12.2. The van der Waals surface area contributed by atoms with E-state index < -0.39 is 12.0 Å². The van der Waals surface area contributed by atoms with Crippen molar-refractivity contribution in [3.8, 4) is 0 Å². The fourth-order valence-corrected chi connectivity index (χ4v) is 3.30. The molecule has 0 spiro atoms. The zero-order valence-corrected chi connectivity index (χ0v) is 15.0. The van der Waals surface area contributed by atoms with Gasteiger partial charge in [-0.15, -0.1) is 11.3 Å². The number of carbonyl (C=O) groups excluding carboxylic acids is 2. The highest BCUT2D eigenvalue weighted by Crippen LogP contribution is 2.25. The van der Waals surface area contributed by atoms with Crippen molar-refractivity contribution in [2.75, 3.05) is 7.11 Å². The van der Waals surface area contributed by atoms with E-state index in [0.717, 1.165) is 4.88 Å². The molecule has 1 unspecified atom stereocenters. The number of rotatable bonds is 6. The number of amides is 2. The molecule has 2 amide bonds. The van der Waals surface area contributed by atoms with E-state index in [9.17, 15) is 9.59 Å². The molecule has 1 atom stereocenters. The van der Waals surface area contributed by atoms with Crippen LogP contribution in [0, 0.1) is 6.92 Å². The van der Waals surface area contributed by atoms with E-state index in [2.05, 4.69) is 10.6 Å². The molecule has 7 heteroatoms. The third-order valence-electron chi connectivity index (χ3n) is 3.40. The van der Waals surface area contributed by atoms with Gasteiger partial charge >= 0.3 is 12.0 Å². The van der Waals surface area contributed by atoms with Crippen molar-refractivity contribution in [3.05, 3.63) is 56.7 Å². The lowest BCUT2D eigenvalue weighted by molar-refractivity contribution is -0.141. The minimum Gasteiger partial charge on any atom is -0.469 e. The quantitative estimate of drug-likeness (QED) is 0.764. The molecule has 128 valence electrons. The Bertz CT molecular complexity index is 717. The number of nitrogens with one attached hydrogen (secondary N) is 2. The average molecular weight is 367 g/mol. The van der Waals surface area contributed by atoms with Gasteiger partial charge < -0.3 is 15.4 Å². The van der Waals surface area contributed by atoms with Gasteiger partial charge in [0.1, 0.15) is 0 Å². The minimum atomic E-state index is -0.559. The number of benzene rings is 1. The predicted octanol–water partition coefficient (Wildman–Crippen LogP) is 3.81. The maximum atomic E-state index is 12.2. The fourth-order valence-electron chi connectivity index (χ4n) is 2.20. The average Bonchev–Trinajstić information content (AvgIpc) is 2.98. The number of esters is 1. The molecule has 5 nitrogen and oxygen atoms in total. The summed E-state index contributed by atoms with van der Waals surface area (Å²) < 4.78 is 4.70. The molecule has 1 heterocycles. The van der Waals surface area contributed by atoms with Crippen molar-refractivity contribution in [2.45, 2.75) is 25.9 Å². The van der Waals surface area contributed by atoms with Crippen LogP contribution in [0.1, 0.15) is 27.8 Å². The Morgan fingerprint density at radius 1 is 1.25 bits per heavy atom. The monoisotopic (exact) mass is 366 g/mol. The zero-order chi connectivity index (χ0) is 17.5. The number of hydrogen-bond donors (Lipinski definition) is 2. The smallest absolute Gasteiger partial charge is 0.315 e. The number of aryl methyl sites for hydroxylation is 1. The van der Waals surface area contributed by atoms with Gasteiger partial charge in [0.2, 0.25) is 0 Å². The van der Waals surface area contributed by atoms with E-state index in [-0.39, 0.29) is 12.5 Å². The number of halogens is 1. The molecular formula is C17H19ClN2O3S. The van der Waals surface area contributed by atoms with Gasteiger partial charge in [-0.3, -0.25) is 4.79 Å². The van der Waals surface area contributed by atoms with Crippen LogP contribution in [-0.4, -0.2) is 19.1 Å². The van der Waals surface area contributed by atoms with Gasteiger partial charge in [-0.1, -0.05) is 29.8 Å². The van der Waals surface area contributed by atoms with Crippen molar-refractivity contribution in [1.82, 2.24) is 10.6 Å². The van der Waals surface area contributed by atoms with Gasteiger partial charge in [0.25, 0.3) is 0 Å². The normalized spacial score (nSPS) is 11.6. The Morgan fingerprint density at radius 3 is 2.62 bits per heavy atom. The van der Waals surface area contributed by atoms with Crippen LogP contribution in [-0.2, 0) is 16.1 Å². The summed E-state index contributed by atoms with van der Waals surface area (Å²) in [7, 11) is 1.31. The van der Waals surface area contributed by atoms with Crippen LogP contribution in [0.4, 0.5) is 4.79 Å². The molecule has 2 N–H and O–H groups in total. The third kappa shape index (κ3) is 5.25. The predicted molar refractivity (Wildman–Crippen MR) is 95.3 cm³/mol. The molecule has 0 saturated heterocycles. The summed E-state index contributed by atoms with van der Waals surface area (Å²) in [6.07, 6.45) is 0.00572. The summed E-state index contributed by atoms with van der Waals surface area (Å²) in [6, 6.07) is 10.1. The highest BCUT2D eigenvalue weighted by Gasteiger charge is 2.21. The lowest BCUT2D eigenvalue weighted by Gasteiger charge is -2.19. The zero-order valence-electron chi connectivity index (χ0n) is 13.5. The summed E-state index contributed by atoms with van der Waals surface area (Å²) in [5, 5.41) is 6.06. The third-order valence-corrected chi connectivity index (χ3v) is 4.75. The second-order valence-electron chi connectivity index (χ2n) is 5.19. The van der Waals surface area contributed by atoms with Crippen molar-refractivity contribution in [2.24, 2.45) is 0 Å². The number of carbonyl (C=O) groups is 2. The highest BCUT2D eigenvalue weighted by atomic mass is 35.5. The van der Waals surface area contributed by atoms with Crippen LogP contribution in [0.2, 0.25) is 5.02 Å². The van der Waals surface area contributed by atoms with Crippen LogP contribution < -0.4 is 10.6 Å². The van der Waals surface area contributed by atoms with E-state index in [1.165, 1.54) is 12.0 Å². The van der Waals surface area contributed by atoms with E-state index in [1.807, 2.05) is 19.1 Å². The number of urea groups is 1. The second-order valence-corrected chi connectivity index (χ2v) is 6.97. The molecule has 0 bridgehead atoms. The van der Waals surface area contributed by atoms with E-state index >= 15 is 0 Å². The SMILES string of the molecule is COC(=O)CC(NC(=O)NCc1ccc(C)s1)c1ccccc1Cl. The van der Waals surface area contributed by atoms with Gasteiger partial charge in [-0.2, -0.15) is 0 Å². The molecule has 0 fully saturated rings. The highest BCUT2D eigenvalue weighted by molar-refractivity contribution is 7.11. The van der Waals surface area contributed by atoms with E-state index in [0.29, 0.717) is 17.1 Å². The molecule has 0 saturated carbocycles. The second kappa shape index (κ2) is 8.70. The first-order valence-corrected chi connectivity index (χ1v) is 8.60. The number of thiophene rings is 1. The van der Waals surface area contributed by atoms with Crippen LogP contribution in [0.15, 0.2) is 36.4 Å². The van der Waals surface area contributed by atoms with Crippen LogP contribution in [0.25, 0.3) is 0 Å². The standard InChI is InChI=1S/C17H19ClN2O3S/c1-11-7-8-12(24-11)10-19-17(22)20-15(9-16(21)23-2)13-5-3-4-6-14(13)18/h3-8,15H,9-10H2,1-2H3,(H2,19,20,22). The molecule has 0 aliphatic rings. The summed E-state index contributed by atoms with van der Waals surface area (Å²) in [5.41, 5.74) is 0.673. The van der Waals surface area contributed by atoms with Crippen molar-refractivity contribution < 1.29 is 14.3 Å². The summed E-state index contributed by atoms with van der Waals surface area (Å²) >= 11 is 7.81. The lowest BCUT2D eigenvalue weighted by Crippen LogP contribution is -2.38. The Labute approximate surface area is 150 Å². The number of hydrogen-bond acceptors (Lipinski definition) is 4. The van der Waals surface area contributed by atoms with Gasteiger partial charge in [0.05, 0.1) is 26.1 Å². The van der Waals surface area contributed by atoms with Crippen LogP contribution >= 0.6 is 22.9 Å². The van der Waals surface area contributed by atoms with E-state index in [4.69, 9.17) is 16.3 Å². The Morgan fingerprint density at radius 2 is 2.00 bits per heavy atom. The summed E-state index contributed by atoms with van der Waals surface area (Å²) in [6.45, 7) is 2.44. The van der Waals surface area contributed by atoms with E-state index in [1.54, 1.807) is 35.6 Å². The Hall–Kier alpha value is -2.05. The molecule has 0 radical (unpaired) electrons. The molecular weight excluding hydrogens is 348 g/mol. The number of methoxy groups -OCH3 is 1. The molecule has 2 rings (SSSR count). The molecule has 0 aliphatic heterocycles. The molecule has 1 aromatic heterocycles. The van der Waals surface area contributed by atoms with Gasteiger partial charge in [0.15, 0.2) is 0 Å².